The molecule has 0 saturated heterocycles. The van der Waals surface area contributed by atoms with E-state index in [0.29, 0.717) is 0 Å². The van der Waals surface area contributed by atoms with Gasteiger partial charge in [0.25, 0.3) is 0 Å². The Balaban J connectivity index is 0. The van der Waals surface area contributed by atoms with Crippen molar-refractivity contribution in [2.45, 2.75) is 0 Å². The van der Waals surface area contributed by atoms with Crippen LogP contribution in [0, 0.1) is 0 Å². The molecular formula is C3H7OPPo. The van der Waals surface area contributed by atoms with Crippen LogP contribution in [-0.4, -0.2) is 32.1 Å². The second-order valence-electron chi connectivity index (χ2n) is 0.606. The van der Waals surface area contributed by atoms with E-state index in [1.165, 1.54) is 6.08 Å². The molecule has 0 aliphatic rings. The molecule has 1 unspecified atom stereocenters. The zero-order valence-corrected chi connectivity index (χ0v) is 8.31. The van der Waals surface area contributed by atoms with Crippen molar-refractivity contribution in [3.05, 3.63) is 12.7 Å². The summed E-state index contributed by atoms with van der Waals surface area (Å²) < 4.78 is 0. The summed E-state index contributed by atoms with van der Waals surface area (Å²) >= 11 is 0. The summed E-state index contributed by atoms with van der Waals surface area (Å²) in [6.07, 6.45) is 1.24. The summed E-state index contributed by atoms with van der Waals surface area (Å²) in [6, 6.07) is 0. The van der Waals surface area contributed by atoms with Crippen LogP contribution in [0.3, 0.4) is 0 Å². The van der Waals surface area contributed by atoms with Crippen LogP contribution < -0.4 is 0 Å². The van der Waals surface area contributed by atoms with Crippen molar-refractivity contribution < 1.29 is 4.79 Å². The fourth-order valence-electron chi connectivity index (χ4n) is 0. The van der Waals surface area contributed by atoms with Crippen LogP contribution in [0.25, 0.3) is 0 Å². The SMILES string of the molecule is C=CC(=O)P.[PoH2]. The van der Waals surface area contributed by atoms with Crippen molar-refractivity contribution >= 4 is 41.3 Å². The Morgan fingerprint density at radius 2 is 2.00 bits per heavy atom. The van der Waals surface area contributed by atoms with Crippen molar-refractivity contribution in [2.75, 3.05) is 0 Å². The molecule has 0 spiro atoms. The molecule has 0 bridgehead atoms. The first-order valence-corrected chi connectivity index (χ1v) is 1.77. The van der Waals surface area contributed by atoms with E-state index in [1.54, 1.807) is 0 Å². The van der Waals surface area contributed by atoms with Gasteiger partial charge < -0.3 is 0 Å². The summed E-state index contributed by atoms with van der Waals surface area (Å²) in [5.74, 6) is 0. The normalized spacial score (nSPS) is 5.50. The number of hydrogen-bond donors (Lipinski definition) is 0. The molecule has 0 aromatic heterocycles. The number of allylic oxidation sites excluding steroid dienone is 1. The molecule has 0 aliphatic carbocycles. The maximum atomic E-state index is 9.66. The molecule has 0 fully saturated rings. The standard InChI is InChI=1S/C3H5OP.Po.2H/c1-2-3(4)5;;;/h2H,1,5H2;;;. The number of hydrogen-bond acceptors (Lipinski definition) is 1. The molecule has 1 atom stereocenters. The van der Waals surface area contributed by atoms with Gasteiger partial charge in [-0.25, -0.2) is 0 Å². The molecular weight excluding hydrogens is 292 g/mol. The van der Waals surface area contributed by atoms with Crippen molar-refractivity contribution in [1.29, 1.82) is 0 Å². The van der Waals surface area contributed by atoms with Crippen LogP contribution in [0.2, 0.25) is 0 Å². The molecule has 0 rings (SSSR count). The minimum absolute atomic E-state index is 0. The summed E-state index contributed by atoms with van der Waals surface area (Å²) in [5.41, 5.74) is -0.0648. The number of carbonyl (C=O) groups excluding carboxylic acids is 1. The van der Waals surface area contributed by atoms with Gasteiger partial charge in [0, 0.05) is 0 Å². The van der Waals surface area contributed by atoms with Gasteiger partial charge in [-0.2, -0.15) is 0 Å². The van der Waals surface area contributed by atoms with Crippen molar-refractivity contribution in [3.8, 4) is 0 Å². The minimum atomic E-state index is -0.0648. The van der Waals surface area contributed by atoms with E-state index in [0.717, 1.165) is 0 Å². The predicted molar refractivity (Wildman–Crippen MR) is 33.5 cm³/mol. The molecule has 0 radical (unpaired) electrons. The van der Waals surface area contributed by atoms with Crippen molar-refractivity contribution in [1.82, 2.24) is 0 Å². The molecule has 3 heteroatoms. The zero-order valence-electron chi connectivity index (χ0n) is 3.27. The second-order valence-corrected chi connectivity index (χ2v) is 1.18. The topological polar surface area (TPSA) is 17.1 Å². The Morgan fingerprint density at radius 1 is 1.83 bits per heavy atom. The Bertz CT molecular complexity index is 61.8. The zero-order chi connectivity index (χ0) is 4.28. The van der Waals surface area contributed by atoms with Crippen LogP contribution in [0.15, 0.2) is 12.7 Å². The average Bonchev–Trinajstić information content (AvgIpc) is 1.38. The molecule has 1 nitrogen and oxygen atoms in total. The maximum absolute atomic E-state index is 9.66. The van der Waals surface area contributed by atoms with Gasteiger partial charge in [0.15, 0.2) is 5.52 Å². The molecule has 0 aliphatic heterocycles. The van der Waals surface area contributed by atoms with Gasteiger partial charge in [-0.05, 0) is 6.08 Å². The summed E-state index contributed by atoms with van der Waals surface area (Å²) in [7, 11) is 1.98. The Morgan fingerprint density at radius 3 is 2.00 bits per heavy atom. The molecule has 36 valence electrons. The Hall–Kier alpha value is 0.736. The third kappa shape index (κ3) is 8.83. The third-order valence-electron chi connectivity index (χ3n) is 0.201. The monoisotopic (exact) mass is 299 g/mol. The van der Waals surface area contributed by atoms with Gasteiger partial charge in [-0.1, -0.05) is 15.8 Å². The van der Waals surface area contributed by atoms with E-state index >= 15 is 0 Å². The van der Waals surface area contributed by atoms with E-state index in [9.17, 15) is 4.79 Å². The van der Waals surface area contributed by atoms with Gasteiger partial charge in [0.1, 0.15) is 0 Å². The van der Waals surface area contributed by atoms with Gasteiger partial charge in [0.05, 0.1) is 0 Å². The van der Waals surface area contributed by atoms with E-state index in [4.69, 9.17) is 0 Å². The van der Waals surface area contributed by atoms with Crippen LogP contribution >= 0.6 is 9.24 Å². The number of rotatable bonds is 1. The van der Waals surface area contributed by atoms with Crippen molar-refractivity contribution in [2.24, 2.45) is 0 Å². The first-order chi connectivity index (χ1) is 2.27. The van der Waals surface area contributed by atoms with Crippen LogP contribution in [0.1, 0.15) is 0 Å². The molecule has 0 aromatic carbocycles. The molecule has 0 saturated carbocycles. The Labute approximate surface area is 58.9 Å². The number of carbonyl (C=O) groups is 1. The average molecular weight is 299 g/mol. The van der Waals surface area contributed by atoms with Gasteiger partial charge in [0.2, 0.25) is 0 Å². The summed E-state index contributed by atoms with van der Waals surface area (Å²) in [4.78, 5) is 9.66. The molecule has 0 aromatic rings. The van der Waals surface area contributed by atoms with E-state index < -0.39 is 0 Å². The molecule has 0 heterocycles. The Kier molecular flexibility index (Phi) is 9.45. The van der Waals surface area contributed by atoms with Gasteiger partial charge in [-0.15, -0.1) is 0 Å². The van der Waals surface area contributed by atoms with Gasteiger partial charge >= 0.3 is 26.6 Å². The second kappa shape index (κ2) is 5.74. The van der Waals surface area contributed by atoms with Gasteiger partial charge in [-0.3, -0.25) is 4.79 Å². The third-order valence-corrected chi connectivity index (χ3v) is 0.437. The van der Waals surface area contributed by atoms with E-state index in [2.05, 4.69) is 6.58 Å². The quantitative estimate of drug-likeness (QED) is 0.478. The summed E-state index contributed by atoms with van der Waals surface area (Å²) in [5, 5.41) is 0. The fraction of sp³-hybridized carbons (Fsp3) is 0. The molecule has 6 heavy (non-hydrogen) atoms. The van der Waals surface area contributed by atoms with Crippen molar-refractivity contribution in [3.63, 3.8) is 0 Å². The first kappa shape index (κ1) is 9.88. The van der Waals surface area contributed by atoms with Crippen LogP contribution in [-0.2, 0) is 4.79 Å². The summed E-state index contributed by atoms with van der Waals surface area (Å²) in [6.45, 7) is 3.19. The fourth-order valence-corrected chi connectivity index (χ4v) is 0. The molecule has 0 N–H and O–H groups in total. The molecule has 0 amide bonds. The van der Waals surface area contributed by atoms with Crippen LogP contribution in [0.5, 0.6) is 0 Å². The predicted octanol–water partition coefficient (Wildman–Crippen LogP) is -0.342. The van der Waals surface area contributed by atoms with Crippen LogP contribution in [0.4, 0.5) is 0 Å². The van der Waals surface area contributed by atoms with E-state index in [-0.39, 0.29) is 32.1 Å². The van der Waals surface area contributed by atoms with E-state index in [1.807, 2.05) is 9.24 Å². The first-order valence-electron chi connectivity index (χ1n) is 1.19.